The van der Waals surface area contributed by atoms with Crippen molar-refractivity contribution in [1.29, 1.82) is 0 Å². The van der Waals surface area contributed by atoms with Crippen molar-refractivity contribution in [3.8, 4) is 0 Å². The van der Waals surface area contributed by atoms with Crippen LogP contribution < -0.4 is 29.6 Å². The third-order valence-corrected chi connectivity index (χ3v) is 4.79. The predicted octanol–water partition coefficient (Wildman–Crippen LogP) is -0.690. The van der Waals surface area contributed by atoms with Gasteiger partial charge in [-0.05, 0) is 62.7 Å². The van der Waals surface area contributed by atoms with Gasteiger partial charge in [0.05, 0.1) is 5.60 Å². The second kappa shape index (κ2) is 3.23. The summed E-state index contributed by atoms with van der Waals surface area (Å²) in [5.41, 5.74) is -0.298. The normalized spacial score (nSPS) is 57.7. The van der Waals surface area contributed by atoms with Crippen LogP contribution in [-0.2, 0) is 0 Å². The van der Waals surface area contributed by atoms with E-state index in [1.165, 1.54) is 32.1 Å². The Morgan fingerprint density at radius 3 is 1.77 bits per heavy atom. The molecule has 0 aromatic rings. The minimum atomic E-state index is -0.298. The fourth-order valence-corrected chi connectivity index (χ4v) is 4.14. The van der Waals surface area contributed by atoms with Crippen molar-refractivity contribution in [2.45, 2.75) is 44.6 Å². The Kier molecular flexibility index (Phi) is 2.60. The quantitative estimate of drug-likeness (QED) is 0.501. The van der Waals surface area contributed by atoms with Crippen molar-refractivity contribution < 1.29 is 36.1 Å². The van der Waals surface area contributed by atoms with Gasteiger partial charge in [-0.15, -0.1) is 0 Å². The van der Waals surface area contributed by atoms with E-state index in [4.69, 9.17) is 0 Å². The van der Waals surface area contributed by atoms with E-state index in [0.717, 1.165) is 11.8 Å². The smallest absolute Gasteiger partial charge is 1.00 e. The molecule has 4 rings (SSSR count). The van der Waals surface area contributed by atoms with Crippen molar-refractivity contribution in [2.75, 3.05) is 0 Å². The van der Waals surface area contributed by atoms with Crippen LogP contribution in [0.1, 0.15) is 40.5 Å². The molecule has 4 saturated carbocycles. The Balaban J connectivity index is 0.000000490. The summed E-state index contributed by atoms with van der Waals surface area (Å²) in [4.78, 5) is 0. The van der Waals surface area contributed by atoms with Crippen LogP contribution in [0.25, 0.3) is 0 Å². The first kappa shape index (κ1) is 10.5. The Hall–Kier alpha value is 0.960. The van der Waals surface area contributed by atoms with E-state index in [2.05, 4.69) is 6.92 Å². The topological polar surface area (TPSA) is 20.2 Å². The summed E-state index contributed by atoms with van der Waals surface area (Å²) < 4.78 is 0. The van der Waals surface area contributed by atoms with Crippen LogP contribution in [-0.4, -0.2) is 10.7 Å². The summed E-state index contributed by atoms with van der Waals surface area (Å²) >= 11 is 0. The number of hydrogen-bond acceptors (Lipinski definition) is 1. The van der Waals surface area contributed by atoms with Gasteiger partial charge in [0.15, 0.2) is 0 Å². The van der Waals surface area contributed by atoms with Crippen molar-refractivity contribution in [2.24, 2.45) is 23.7 Å². The Bertz CT molecular complexity index is 187. The maximum absolute atomic E-state index is 10.3. The zero-order chi connectivity index (χ0) is 8.34. The van der Waals surface area contributed by atoms with Crippen LogP contribution in [0, 0.1) is 23.7 Å². The summed E-state index contributed by atoms with van der Waals surface area (Å²) in [5.74, 6) is 3.25. The standard InChI is InChI=1S/C11H18O.Na.H/c1-11(12)9-3-7-2-8(5-9)6-10(11)4-7;;/h7-10,12H,2-6H2,1H3;;/q;+1;-1. The predicted molar refractivity (Wildman–Crippen MR) is 48.8 cm³/mol. The molecule has 0 unspecified atom stereocenters. The van der Waals surface area contributed by atoms with Crippen LogP contribution in [0.2, 0.25) is 0 Å². The van der Waals surface area contributed by atoms with Gasteiger partial charge in [0, 0.05) is 0 Å². The molecule has 0 saturated heterocycles. The molecule has 4 aliphatic carbocycles. The van der Waals surface area contributed by atoms with Crippen molar-refractivity contribution in [1.82, 2.24) is 0 Å². The second-order valence-corrected chi connectivity index (χ2v) is 5.53. The molecule has 2 heteroatoms. The van der Waals surface area contributed by atoms with E-state index in [9.17, 15) is 5.11 Å². The maximum Gasteiger partial charge on any atom is 1.00 e. The molecule has 0 aromatic carbocycles. The Morgan fingerprint density at radius 1 is 1.00 bits per heavy atom. The molecule has 70 valence electrons. The molecule has 4 bridgehead atoms. The second-order valence-electron chi connectivity index (χ2n) is 5.53. The zero-order valence-electron chi connectivity index (χ0n) is 9.79. The molecule has 0 spiro atoms. The van der Waals surface area contributed by atoms with Gasteiger partial charge in [-0.25, -0.2) is 0 Å². The average molecular weight is 190 g/mol. The van der Waals surface area contributed by atoms with Gasteiger partial charge in [-0.2, -0.15) is 0 Å². The first-order valence-corrected chi connectivity index (χ1v) is 5.38. The fourth-order valence-electron chi connectivity index (χ4n) is 4.14. The van der Waals surface area contributed by atoms with Crippen LogP contribution in [0.4, 0.5) is 0 Å². The number of aliphatic hydroxyl groups is 1. The SMILES string of the molecule is CC1(O)C2CC3CC(C2)CC1C3.[H-].[Na+]. The van der Waals surface area contributed by atoms with E-state index in [0.29, 0.717) is 11.8 Å². The van der Waals surface area contributed by atoms with E-state index in [1.807, 2.05) is 0 Å². The Morgan fingerprint density at radius 2 is 1.38 bits per heavy atom. The number of rotatable bonds is 0. The molecule has 0 aliphatic heterocycles. The van der Waals surface area contributed by atoms with Gasteiger partial charge in [0.25, 0.3) is 0 Å². The van der Waals surface area contributed by atoms with E-state index < -0.39 is 0 Å². The maximum atomic E-state index is 10.3. The molecule has 0 aromatic heterocycles. The zero-order valence-corrected chi connectivity index (χ0v) is 10.8. The van der Waals surface area contributed by atoms with Crippen LogP contribution in [0.15, 0.2) is 0 Å². The number of hydrogen-bond donors (Lipinski definition) is 1. The van der Waals surface area contributed by atoms with Crippen molar-refractivity contribution in [3.63, 3.8) is 0 Å². The van der Waals surface area contributed by atoms with Gasteiger partial charge in [-0.3, -0.25) is 0 Å². The third kappa shape index (κ3) is 1.43. The van der Waals surface area contributed by atoms with E-state index >= 15 is 0 Å². The fraction of sp³-hybridized carbons (Fsp3) is 1.00. The minimum absolute atomic E-state index is 0. The summed E-state index contributed by atoms with van der Waals surface area (Å²) in [7, 11) is 0. The molecule has 1 N–H and O–H groups in total. The van der Waals surface area contributed by atoms with Gasteiger partial charge < -0.3 is 6.53 Å². The first-order valence-electron chi connectivity index (χ1n) is 5.38. The van der Waals surface area contributed by atoms with E-state index in [-0.39, 0.29) is 36.6 Å². The molecule has 1 nitrogen and oxygen atoms in total. The van der Waals surface area contributed by atoms with Crippen LogP contribution in [0.5, 0.6) is 0 Å². The molecule has 4 fully saturated rings. The summed E-state index contributed by atoms with van der Waals surface area (Å²) in [6, 6.07) is 0. The van der Waals surface area contributed by atoms with Gasteiger partial charge >= 0.3 is 29.6 Å². The molecular formula is C11H19NaO. The van der Waals surface area contributed by atoms with Crippen LogP contribution >= 0.6 is 0 Å². The molecular weight excluding hydrogens is 171 g/mol. The molecule has 0 radical (unpaired) electrons. The van der Waals surface area contributed by atoms with Gasteiger partial charge in [0.2, 0.25) is 0 Å². The van der Waals surface area contributed by atoms with Crippen molar-refractivity contribution in [3.05, 3.63) is 0 Å². The molecule has 0 amide bonds. The summed E-state index contributed by atoms with van der Waals surface area (Å²) in [5, 5.41) is 10.3. The van der Waals surface area contributed by atoms with Gasteiger partial charge in [0.1, 0.15) is 0 Å². The minimum Gasteiger partial charge on any atom is -1.00 e. The van der Waals surface area contributed by atoms with Gasteiger partial charge in [-0.1, -0.05) is 0 Å². The largest absolute Gasteiger partial charge is 1.00 e. The third-order valence-electron chi connectivity index (χ3n) is 4.79. The molecule has 0 atom stereocenters. The average Bonchev–Trinajstić information content (AvgIpc) is 1.99. The Labute approximate surface area is 104 Å². The summed E-state index contributed by atoms with van der Waals surface area (Å²) in [6.45, 7) is 2.08. The first-order chi connectivity index (χ1) is 5.66. The summed E-state index contributed by atoms with van der Waals surface area (Å²) in [6.07, 6.45) is 6.75. The van der Waals surface area contributed by atoms with Crippen LogP contribution in [0.3, 0.4) is 0 Å². The van der Waals surface area contributed by atoms with E-state index in [1.54, 1.807) is 0 Å². The molecule has 0 heterocycles. The molecule has 13 heavy (non-hydrogen) atoms. The molecule has 4 aliphatic rings. The van der Waals surface area contributed by atoms with Crippen molar-refractivity contribution >= 4 is 0 Å². The monoisotopic (exact) mass is 190 g/mol.